The number of benzene rings is 1. The summed E-state index contributed by atoms with van der Waals surface area (Å²) in [6, 6.07) is 8.05. The molecule has 0 unspecified atom stereocenters. The van der Waals surface area contributed by atoms with Crippen LogP contribution in [-0.4, -0.2) is 38.7 Å². The lowest BCUT2D eigenvalue weighted by Crippen LogP contribution is -2.35. The van der Waals surface area contributed by atoms with Gasteiger partial charge in [0.25, 0.3) is 0 Å². The summed E-state index contributed by atoms with van der Waals surface area (Å²) in [6.45, 7) is 6.87. The molecular formula is C17H24N2O2. The van der Waals surface area contributed by atoms with Gasteiger partial charge in [-0.25, -0.2) is 4.99 Å². The fraction of sp³-hybridized carbons (Fsp3) is 0.588. The molecule has 0 bridgehead atoms. The molecule has 4 nitrogen and oxygen atoms in total. The smallest absolute Gasteiger partial charge is 0.216 e. The summed E-state index contributed by atoms with van der Waals surface area (Å²) in [5.41, 5.74) is 1.03. The normalized spacial score (nSPS) is 25.3. The Labute approximate surface area is 126 Å². The molecule has 0 radical (unpaired) electrons. The molecule has 2 atom stereocenters. The van der Waals surface area contributed by atoms with Crippen LogP contribution in [0.1, 0.15) is 25.3 Å². The second kappa shape index (κ2) is 6.94. The van der Waals surface area contributed by atoms with Crippen molar-refractivity contribution < 1.29 is 9.47 Å². The van der Waals surface area contributed by atoms with Gasteiger partial charge in [0.1, 0.15) is 12.4 Å². The summed E-state index contributed by atoms with van der Waals surface area (Å²) in [5.74, 6) is 3.22. The number of hydrogen-bond acceptors (Lipinski definition) is 4. The standard InChI is InChI=1S/C17H24N2O2/c1-13-12-18-8-6-14(13)7-10-20-16-4-2-15(3-5-16)17-19-9-11-21-17/h2-5,13-14,18H,6-12H2,1H3/t13-,14-/m1/s1. The average molecular weight is 288 g/mol. The maximum atomic E-state index is 5.87. The van der Waals surface area contributed by atoms with Gasteiger partial charge < -0.3 is 14.8 Å². The van der Waals surface area contributed by atoms with E-state index >= 15 is 0 Å². The third-order valence-corrected chi connectivity index (χ3v) is 4.41. The van der Waals surface area contributed by atoms with Crippen LogP contribution < -0.4 is 10.1 Å². The third kappa shape index (κ3) is 3.76. The van der Waals surface area contributed by atoms with E-state index < -0.39 is 0 Å². The van der Waals surface area contributed by atoms with Gasteiger partial charge in [0.2, 0.25) is 5.90 Å². The number of rotatable bonds is 5. The molecule has 2 aliphatic heterocycles. The number of ether oxygens (including phenoxy) is 2. The minimum Gasteiger partial charge on any atom is -0.494 e. The largest absolute Gasteiger partial charge is 0.494 e. The average Bonchev–Trinajstić information content (AvgIpc) is 3.04. The number of nitrogens with zero attached hydrogens (tertiary/aromatic N) is 1. The summed E-state index contributed by atoms with van der Waals surface area (Å²) in [6.07, 6.45) is 2.40. The Balaban J connectivity index is 1.47. The Kier molecular flexibility index (Phi) is 4.76. The third-order valence-electron chi connectivity index (χ3n) is 4.41. The molecule has 1 aromatic rings. The molecule has 2 heterocycles. The van der Waals surface area contributed by atoms with Crippen molar-refractivity contribution in [3.05, 3.63) is 29.8 Å². The molecule has 1 aromatic carbocycles. The van der Waals surface area contributed by atoms with Gasteiger partial charge in [0.15, 0.2) is 0 Å². The summed E-state index contributed by atoms with van der Waals surface area (Å²) < 4.78 is 11.3. The van der Waals surface area contributed by atoms with Crippen molar-refractivity contribution in [3.63, 3.8) is 0 Å². The summed E-state index contributed by atoms with van der Waals surface area (Å²) in [7, 11) is 0. The van der Waals surface area contributed by atoms with Crippen molar-refractivity contribution in [3.8, 4) is 5.75 Å². The highest BCUT2D eigenvalue weighted by molar-refractivity contribution is 5.94. The molecule has 1 saturated heterocycles. The fourth-order valence-corrected chi connectivity index (χ4v) is 3.03. The van der Waals surface area contributed by atoms with Gasteiger partial charge in [-0.15, -0.1) is 0 Å². The van der Waals surface area contributed by atoms with Crippen LogP contribution >= 0.6 is 0 Å². The van der Waals surface area contributed by atoms with Crippen molar-refractivity contribution in [1.82, 2.24) is 5.32 Å². The van der Waals surface area contributed by atoms with Crippen molar-refractivity contribution in [2.45, 2.75) is 19.8 Å². The first-order valence-corrected chi connectivity index (χ1v) is 7.94. The number of hydrogen-bond donors (Lipinski definition) is 1. The van der Waals surface area contributed by atoms with E-state index in [0.29, 0.717) is 6.61 Å². The van der Waals surface area contributed by atoms with Crippen molar-refractivity contribution in [2.75, 3.05) is 32.8 Å². The van der Waals surface area contributed by atoms with Crippen LogP contribution in [0.25, 0.3) is 0 Å². The molecule has 1 N–H and O–H groups in total. The topological polar surface area (TPSA) is 42.8 Å². The lowest BCUT2D eigenvalue weighted by atomic mass is 9.86. The summed E-state index contributed by atoms with van der Waals surface area (Å²) >= 11 is 0. The Morgan fingerprint density at radius 3 is 2.90 bits per heavy atom. The van der Waals surface area contributed by atoms with Crippen LogP contribution in [0, 0.1) is 11.8 Å². The highest BCUT2D eigenvalue weighted by Gasteiger charge is 2.20. The first-order chi connectivity index (χ1) is 10.3. The molecule has 114 valence electrons. The Morgan fingerprint density at radius 1 is 1.33 bits per heavy atom. The molecule has 4 heteroatoms. The van der Waals surface area contributed by atoms with Crippen LogP contribution in [-0.2, 0) is 4.74 Å². The number of aliphatic imine (C=N–C) groups is 1. The highest BCUT2D eigenvalue weighted by Crippen LogP contribution is 2.23. The Hall–Kier alpha value is -1.55. The number of piperidine rings is 1. The van der Waals surface area contributed by atoms with Gasteiger partial charge in [-0.3, -0.25) is 0 Å². The fourth-order valence-electron chi connectivity index (χ4n) is 3.03. The van der Waals surface area contributed by atoms with Gasteiger partial charge in [0.05, 0.1) is 13.2 Å². The second-order valence-electron chi connectivity index (χ2n) is 5.93. The monoisotopic (exact) mass is 288 g/mol. The maximum Gasteiger partial charge on any atom is 0.216 e. The minimum atomic E-state index is 0.696. The van der Waals surface area contributed by atoms with Crippen molar-refractivity contribution in [1.29, 1.82) is 0 Å². The van der Waals surface area contributed by atoms with Gasteiger partial charge in [-0.2, -0.15) is 0 Å². The maximum absolute atomic E-state index is 5.87. The first kappa shape index (κ1) is 14.4. The summed E-state index contributed by atoms with van der Waals surface area (Å²) in [4.78, 5) is 4.31. The van der Waals surface area contributed by atoms with E-state index in [0.717, 1.165) is 61.7 Å². The van der Waals surface area contributed by atoms with Gasteiger partial charge >= 0.3 is 0 Å². The van der Waals surface area contributed by atoms with E-state index in [1.165, 1.54) is 6.42 Å². The zero-order valence-corrected chi connectivity index (χ0v) is 12.7. The highest BCUT2D eigenvalue weighted by atomic mass is 16.5. The quantitative estimate of drug-likeness (QED) is 0.905. The molecule has 3 rings (SSSR count). The molecule has 0 aliphatic carbocycles. The molecule has 1 fully saturated rings. The van der Waals surface area contributed by atoms with E-state index in [2.05, 4.69) is 17.2 Å². The van der Waals surface area contributed by atoms with Gasteiger partial charge in [-0.05, 0) is 62.0 Å². The van der Waals surface area contributed by atoms with Crippen molar-refractivity contribution in [2.24, 2.45) is 16.8 Å². The predicted molar refractivity (Wildman–Crippen MR) is 84.1 cm³/mol. The lowest BCUT2D eigenvalue weighted by molar-refractivity contribution is 0.207. The van der Waals surface area contributed by atoms with Crippen LogP contribution in [0.4, 0.5) is 0 Å². The number of nitrogens with one attached hydrogen (secondary N) is 1. The van der Waals surface area contributed by atoms with E-state index in [1.54, 1.807) is 0 Å². The van der Waals surface area contributed by atoms with E-state index in [-0.39, 0.29) is 0 Å². The van der Waals surface area contributed by atoms with Crippen LogP contribution in [0.3, 0.4) is 0 Å². The van der Waals surface area contributed by atoms with Crippen molar-refractivity contribution >= 4 is 5.90 Å². The lowest BCUT2D eigenvalue weighted by Gasteiger charge is -2.29. The Bertz CT molecular complexity index is 484. The SMILES string of the molecule is C[C@@H]1CNCC[C@@H]1CCOc1ccc(C2=NCCO2)cc1. The molecule has 0 saturated carbocycles. The zero-order chi connectivity index (χ0) is 14.5. The van der Waals surface area contributed by atoms with Crippen LogP contribution in [0.2, 0.25) is 0 Å². The zero-order valence-electron chi connectivity index (χ0n) is 12.7. The van der Waals surface area contributed by atoms with E-state index in [4.69, 9.17) is 9.47 Å². The van der Waals surface area contributed by atoms with Crippen LogP contribution in [0.15, 0.2) is 29.3 Å². The molecule has 0 aromatic heterocycles. The second-order valence-corrected chi connectivity index (χ2v) is 5.93. The first-order valence-electron chi connectivity index (χ1n) is 7.94. The predicted octanol–water partition coefficient (Wildman–Crippen LogP) is 2.48. The summed E-state index contributed by atoms with van der Waals surface area (Å²) in [5, 5.41) is 3.44. The van der Waals surface area contributed by atoms with Crippen LogP contribution in [0.5, 0.6) is 5.75 Å². The Morgan fingerprint density at radius 2 is 2.19 bits per heavy atom. The molecule has 0 spiro atoms. The molecule has 0 amide bonds. The molecule has 21 heavy (non-hydrogen) atoms. The minimum absolute atomic E-state index is 0.696. The van der Waals surface area contributed by atoms with Gasteiger partial charge in [0, 0.05) is 5.56 Å². The molecule has 2 aliphatic rings. The van der Waals surface area contributed by atoms with Gasteiger partial charge in [-0.1, -0.05) is 6.92 Å². The van der Waals surface area contributed by atoms with E-state index in [9.17, 15) is 0 Å². The van der Waals surface area contributed by atoms with E-state index in [1.807, 2.05) is 24.3 Å². The molecular weight excluding hydrogens is 264 g/mol.